The number of imidazole rings is 1. The molecule has 1 heterocycles. The van der Waals surface area contributed by atoms with Crippen molar-refractivity contribution in [3.05, 3.63) is 40.3 Å². The van der Waals surface area contributed by atoms with Gasteiger partial charge in [-0.15, -0.1) is 0 Å². The molecule has 0 unspecified atom stereocenters. The molecule has 0 aliphatic rings. The molecule has 0 radical (unpaired) electrons. The van der Waals surface area contributed by atoms with Crippen molar-refractivity contribution in [3.8, 4) is 0 Å². The molecule has 0 aliphatic heterocycles. The number of H-pyrrole nitrogens is 1. The van der Waals surface area contributed by atoms with E-state index in [-0.39, 0.29) is 15.2 Å². The average Bonchev–Trinajstić information content (AvgIpc) is 2.77. The van der Waals surface area contributed by atoms with Gasteiger partial charge in [0.05, 0.1) is 11.8 Å². The zero-order valence-electron chi connectivity index (χ0n) is 10.5. The molecule has 114 valence electrons. The molecule has 21 heavy (non-hydrogen) atoms. The Morgan fingerprint density at radius 1 is 1.33 bits per heavy atom. The second-order valence-electron chi connectivity index (χ2n) is 4.13. The molecule has 2 aromatic rings. The number of hydrogen-bond acceptors (Lipinski definition) is 3. The van der Waals surface area contributed by atoms with E-state index in [0.29, 0.717) is 11.9 Å². The highest BCUT2D eigenvalue weighted by Gasteiger charge is 2.33. The van der Waals surface area contributed by atoms with E-state index in [9.17, 15) is 21.6 Å². The van der Waals surface area contributed by atoms with Crippen LogP contribution in [0.4, 0.5) is 18.9 Å². The van der Waals surface area contributed by atoms with Crippen LogP contribution in [0.15, 0.2) is 33.9 Å². The first-order chi connectivity index (χ1) is 9.59. The largest absolute Gasteiger partial charge is 0.417 e. The smallest absolute Gasteiger partial charge is 0.332 e. The number of benzene rings is 1. The van der Waals surface area contributed by atoms with Gasteiger partial charge in [0, 0.05) is 10.2 Å². The third-order valence-corrected chi connectivity index (χ3v) is 4.48. The summed E-state index contributed by atoms with van der Waals surface area (Å²) in [6, 6.07) is 3.06. The highest BCUT2D eigenvalue weighted by molar-refractivity contribution is 9.10. The molecule has 2 N–H and O–H groups in total. The number of aromatic nitrogens is 2. The molecule has 10 heteroatoms. The molecule has 0 amide bonds. The number of rotatable bonds is 3. The van der Waals surface area contributed by atoms with Gasteiger partial charge in [-0.1, -0.05) is 15.9 Å². The molecular weight excluding hydrogens is 375 g/mol. The van der Waals surface area contributed by atoms with E-state index in [1.165, 1.54) is 6.07 Å². The average molecular weight is 384 g/mol. The van der Waals surface area contributed by atoms with Gasteiger partial charge in [0.2, 0.25) is 0 Å². The summed E-state index contributed by atoms with van der Waals surface area (Å²) in [5.41, 5.74) is -1.17. The lowest BCUT2D eigenvalue weighted by Crippen LogP contribution is -2.14. The van der Waals surface area contributed by atoms with E-state index in [1.54, 1.807) is 6.92 Å². The molecule has 0 spiro atoms. The second-order valence-corrected chi connectivity index (χ2v) is 6.64. The van der Waals surface area contributed by atoms with Crippen molar-refractivity contribution in [3.63, 3.8) is 0 Å². The standard InChI is InChI=1S/C11H9BrF3N3O2S/c1-6-16-5-10(17-6)21(19,20)18-7-2-3-9(12)8(4-7)11(13,14)15/h2-5,18H,1H3,(H,16,17). The van der Waals surface area contributed by atoms with Gasteiger partial charge >= 0.3 is 6.18 Å². The minimum Gasteiger partial charge on any atom is -0.332 e. The van der Waals surface area contributed by atoms with Crippen LogP contribution in [0.1, 0.15) is 11.4 Å². The van der Waals surface area contributed by atoms with E-state index in [1.807, 2.05) is 0 Å². The quantitative estimate of drug-likeness (QED) is 0.853. The summed E-state index contributed by atoms with van der Waals surface area (Å²) in [6.07, 6.45) is -3.51. The van der Waals surface area contributed by atoms with Crippen LogP contribution in [0.2, 0.25) is 0 Å². The van der Waals surface area contributed by atoms with Crippen LogP contribution >= 0.6 is 15.9 Å². The third kappa shape index (κ3) is 3.56. The van der Waals surface area contributed by atoms with Crippen molar-refractivity contribution in [2.45, 2.75) is 18.1 Å². The first-order valence-corrected chi connectivity index (χ1v) is 7.78. The molecule has 0 fully saturated rings. The minimum absolute atomic E-state index is 0.171. The van der Waals surface area contributed by atoms with Gasteiger partial charge in [-0.05, 0) is 25.1 Å². The lowest BCUT2D eigenvalue weighted by atomic mass is 10.2. The van der Waals surface area contributed by atoms with Gasteiger partial charge in [-0.3, -0.25) is 4.72 Å². The molecule has 0 saturated carbocycles. The number of sulfonamides is 1. The molecule has 0 aliphatic carbocycles. The minimum atomic E-state index is -4.59. The molecule has 1 aromatic carbocycles. The van der Waals surface area contributed by atoms with Gasteiger partial charge in [0.1, 0.15) is 5.82 Å². The van der Waals surface area contributed by atoms with E-state index >= 15 is 0 Å². The third-order valence-electron chi connectivity index (χ3n) is 2.49. The molecule has 0 bridgehead atoms. The molecule has 1 aromatic heterocycles. The Hall–Kier alpha value is -1.55. The van der Waals surface area contributed by atoms with Crippen LogP contribution in [0.25, 0.3) is 0 Å². The first kappa shape index (κ1) is 15.8. The van der Waals surface area contributed by atoms with Crippen LogP contribution in [-0.2, 0) is 16.2 Å². The summed E-state index contributed by atoms with van der Waals surface area (Å²) in [5.74, 6) is 0.377. The van der Waals surface area contributed by atoms with Gasteiger partial charge in [-0.25, -0.2) is 4.98 Å². The summed E-state index contributed by atoms with van der Waals surface area (Å²) in [6.45, 7) is 1.56. The maximum absolute atomic E-state index is 12.8. The SMILES string of the molecule is Cc1ncc(S(=O)(=O)Nc2ccc(Br)c(C(F)(F)F)c2)[nH]1. The topological polar surface area (TPSA) is 74.8 Å². The summed E-state index contributed by atoms with van der Waals surface area (Å²) < 4.78 is 64.2. The number of aryl methyl sites for hydroxylation is 1. The van der Waals surface area contributed by atoms with Gasteiger partial charge in [0.25, 0.3) is 10.0 Å². The van der Waals surface area contributed by atoms with Gasteiger partial charge in [0.15, 0.2) is 5.03 Å². The number of nitrogens with zero attached hydrogens (tertiary/aromatic N) is 1. The highest BCUT2D eigenvalue weighted by Crippen LogP contribution is 2.36. The normalized spacial score (nSPS) is 12.4. The highest BCUT2D eigenvalue weighted by atomic mass is 79.9. The summed E-state index contributed by atoms with van der Waals surface area (Å²) in [5, 5.41) is -0.225. The van der Waals surface area contributed by atoms with Crippen molar-refractivity contribution < 1.29 is 21.6 Å². The van der Waals surface area contributed by atoms with Gasteiger partial charge in [-0.2, -0.15) is 21.6 Å². The van der Waals surface area contributed by atoms with Crippen molar-refractivity contribution >= 4 is 31.6 Å². The molecule has 0 atom stereocenters. The molecule has 0 saturated heterocycles. The van der Waals surface area contributed by atoms with Crippen molar-refractivity contribution in [2.24, 2.45) is 0 Å². The van der Waals surface area contributed by atoms with Crippen molar-refractivity contribution in [1.29, 1.82) is 0 Å². The number of nitrogens with one attached hydrogen (secondary N) is 2. The van der Waals surface area contributed by atoms with Crippen molar-refractivity contribution in [2.75, 3.05) is 4.72 Å². The lowest BCUT2D eigenvalue weighted by Gasteiger charge is -2.12. The Kier molecular flexibility index (Phi) is 4.02. The van der Waals surface area contributed by atoms with Crippen LogP contribution in [0.5, 0.6) is 0 Å². The van der Waals surface area contributed by atoms with E-state index in [4.69, 9.17) is 0 Å². The Balaban J connectivity index is 2.36. The fourth-order valence-corrected chi connectivity index (χ4v) is 3.04. The first-order valence-electron chi connectivity index (χ1n) is 5.51. The maximum Gasteiger partial charge on any atom is 0.417 e. The molecule has 5 nitrogen and oxygen atoms in total. The summed E-state index contributed by atoms with van der Waals surface area (Å²) in [7, 11) is -4.02. The van der Waals surface area contributed by atoms with Crippen LogP contribution < -0.4 is 4.72 Å². The Labute approximate surface area is 126 Å². The molecular formula is C11H9BrF3N3O2S. The van der Waals surface area contributed by atoms with Gasteiger partial charge < -0.3 is 4.98 Å². The molecule has 2 rings (SSSR count). The number of anilines is 1. The predicted molar refractivity (Wildman–Crippen MR) is 73.3 cm³/mol. The Morgan fingerprint density at radius 3 is 2.52 bits per heavy atom. The zero-order chi connectivity index (χ0) is 15.8. The fourth-order valence-electron chi connectivity index (χ4n) is 1.55. The van der Waals surface area contributed by atoms with Crippen LogP contribution in [0, 0.1) is 6.92 Å². The predicted octanol–water partition coefficient (Wildman–Crippen LogP) is 3.30. The Morgan fingerprint density at radius 2 is 2.00 bits per heavy atom. The van der Waals surface area contributed by atoms with Crippen molar-refractivity contribution in [1.82, 2.24) is 9.97 Å². The van der Waals surface area contributed by atoms with E-state index in [0.717, 1.165) is 12.3 Å². The van der Waals surface area contributed by atoms with Crippen LogP contribution in [0.3, 0.4) is 0 Å². The van der Waals surface area contributed by atoms with Crippen LogP contribution in [-0.4, -0.2) is 18.4 Å². The monoisotopic (exact) mass is 383 g/mol. The fraction of sp³-hybridized carbons (Fsp3) is 0.182. The zero-order valence-corrected chi connectivity index (χ0v) is 12.9. The number of halogens is 4. The number of alkyl halides is 3. The van der Waals surface area contributed by atoms with E-state index < -0.39 is 21.8 Å². The lowest BCUT2D eigenvalue weighted by molar-refractivity contribution is -0.138. The number of aromatic amines is 1. The summed E-state index contributed by atoms with van der Waals surface area (Å²) >= 11 is 2.78. The number of hydrogen-bond donors (Lipinski definition) is 2. The van der Waals surface area contributed by atoms with E-state index in [2.05, 4.69) is 30.6 Å². The Bertz CT molecular complexity index is 771. The second kappa shape index (κ2) is 5.34. The summed E-state index contributed by atoms with van der Waals surface area (Å²) in [4.78, 5) is 6.23. The maximum atomic E-state index is 12.8.